The van der Waals surface area contributed by atoms with E-state index >= 15 is 0 Å². The minimum atomic E-state index is -2.92. The van der Waals surface area contributed by atoms with Crippen LogP contribution in [-0.2, 0) is 10.1 Å². The smallest absolute Gasteiger partial charge is 0.387 e. The molecule has 0 aromatic heterocycles. The molecule has 0 amide bonds. The highest BCUT2D eigenvalue weighted by Crippen LogP contribution is 2.26. The number of esters is 1. The van der Waals surface area contributed by atoms with Crippen LogP contribution in [0.4, 0.5) is 8.78 Å². The van der Waals surface area contributed by atoms with Gasteiger partial charge in [-0.25, -0.2) is 4.79 Å². The lowest BCUT2D eigenvalue weighted by Crippen LogP contribution is -2.09. The molecule has 0 spiro atoms. The minimum absolute atomic E-state index is 0.0531. The van der Waals surface area contributed by atoms with Crippen molar-refractivity contribution in [1.29, 1.82) is 0 Å². The molecule has 0 aliphatic heterocycles. The summed E-state index contributed by atoms with van der Waals surface area (Å²) in [6, 6.07) is 2.71. The number of carbonyl (C=O) groups is 1. The maximum atomic E-state index is 12.1. The standard InChI is InChI=1S/C11H11BrF2O3/c1-6-3-7(17-11(13)14)4-8(9(6)5-12)10(15)16-2/h3-4,11H,5H2,1-2H3. The Kier molecular flexibility index (Phi) is 4.86. The van der Waals surface area contributed by atoms with E-state index in [9.17, 15) is 13.6 Å². The summed E-state index contributed by atoms with van der Waals surface area (Å²) >= 11 is 3.24. The zero-order valence-electron chi connectivity index (χ0n) is 9.30. The second kappa shape index (κ2) is 5.95. The van der Waals surface area contributed by atoms with E-state index in [1.165, 1.54) is 19.2 Å². The van der Waals surface area contributed by atoms with Crippen molar-refractivity contribution >= 4 is 21.9 Å². The Bertz CT molecular complexity index is 421. The third-order valence-corrected chi connectivity index (χ3v) is 2.77. The SMILES string of the molecule is COC(=O)c1cc(OC(F)F)cc(C)c1CBr. The lowest BCUT2D eigenvalue weighted by molar-refractivity contribution is -0.0499. The Morgan fingerprint density at radius 1 is 1.47 bits per heavy atom. The van der Waals surface area contributed by atoms with Crippen molar-refractivity contribution in [3.8, 4) is 5.75 Å². The Morgan fingerprint density at radius 2 is 2.12 bits per heavy atom. The van der Waals surface area contributed by atoms with Crippen LogP contribution in [-0.4, -0.2) is 19.7 Å². The predicted molar refractivity (Wildman–Crippen MR) is 61.8 cm³/mol. The van der Waals surface area contributed by atoms with Gasteiger partial charge < -0.3 is 9.47 Å². The van der Waals surface area contributed by atoms with Crippen LogP contribution in [0.2, 0.25) is 0 Å². The molecule has 0 bridgehead atoms. The van der Waals surface area contributed by atoms with E-state index in [1.54, 1.807) is 6.92 Å². The van der Waals surface area contributed by atoms with Crippen LogP contribution < -0.4 is 4.74 Å². The lowest BCUT2D eigenvalue weighted by Gasteiger charge is -2.12. The van der Waals surface area contributed by atoms with E-state index in [2.05, 4.69) is 25.4 Å². The summed E-state index contributed by atoms with van der Waals surface area (Å²) < 4.78 is 33.1. The molecule has 3 nitrogen and oxygen atoms in total. The van der Waals surface area contributed by atoms with Gasteiger partial charge in [-0.15, -0.1) is 0 Å². The van der Waals surface area contributed by atoms with Gasteiger partial charge in [-0.2, -0.15) is 8.78 Å². The zero-order chi connectivity index (χ0) is 13.0. The molecule has 0 fully saturated rings. The molecular weight excluding hydrogens is 298 g/mol. The first-order valence-corrected chi connectivity index (χ1v) is 5.84. The third-order valence-electron chi connectivity index (χ3n) is 2.21. The molecule has 1 aromatic rings. The lowest BCUT2D eigenvalue weighted by atomic mass is 10.0. The molecule has 0 heterocycles. The summed E-state index contributed by atoms with van der Waals surface area (Å²) in [5.41, 5.74) is 1.60. The number of ether oxygens (including phenoxy) is 2. The third kappa shape index (κ3) is 3.39. The van der Waals surface area contributed by atoms with Gasteiger partial charge >= 0.3 is 12.6 Å². The van der Waals surface area contributed by atoms with Crippen LogP contribution in [0, 0.1) is 6.92 Å². The molecule has 6 heteroatoms. The molecule has 0 saturated carbocycles. The van der Waals surface area contributed by atoms with Gasteiger partial charge in [0.2, 0.25) is 0 Å². The maximum absolute atomic E-state index is 12.1. The van der Waals surface area contributed by atoms with Gasteiger partial charge in [-0.3, -0.25) is 0 Å². The second-order valence-electron chi connectivity index (χ2n) is 3.27. The number of hydrogen-bond acceptors (Lipinski definition) is 3. The number of benzene rings is 1. The first kappa shape index (κ1) is 13.9. The molecule has 0 aliphatic carbocycles. The van der Waals surface area contributed by atoms with Crippen LogP contribution in [0.1, 0.15) is 21.5 Å². The highest BCUT2D eigenvalue weighted by Gasteiger charge is 2.16. The Balaban J connectivity index is 3.23. The summed E-state index contributed by atoms with van der Waals surface area (Å²) in [7, 11) is 1.23. The summed E-state index contributed by atoms with van der Waals surface area (Å²) in [5.74, 6) is -0.634. The van der Waals surface area contributed by atoms with Crippen molar-refractivity contribution in [1.82, 2.24) is 0 Å². The van der Waals surface area contributed by atoms with Crippen molar-refractivity contribution in [3.63, 3.8) is 0 Å². The van der Waals surface area contributed by atoms with Crippen molar-refractivity contribution < 1.29 is 23.0 Å². The van der Waals surface area contributed by atoms with Gasteiger partial charge in [0.05, 0.1) is 12.7 Å². The van der Waals surface area contributed by atoms with E-state index in [0.29, 0.717) is 16.5 Å². The predicted octanol–water partition coefficient (Wildman–Crippen LogP) is 3.28. The molecule has 17 heavy (non-hydrogen) atoms. The van der Waals surface area contributed by atoms with E-state index in [1.807, 2.05) is 0 Å². The summed E-state index contributed by atoms with van der Waals surface area (Å²) in [5, 5.41) is 0.429. The van der Waals surface area contributed by atoms with E-state index < -0.39 is 12.6 Å². The first-order valence-electron chi connectivity index (χ1n) is 4.72. The molecule has 0 saturated heterocycles. The number of aryl methyl sites for hydroxylation is 1. The monoisotopic (exact) mass is 308 g/mol. The minimum Gasteiger partial charge on any atom is -0.465 e. The summed E-state index contributed by atoms with van der Waals surface area (Å²) in [6.07, 6.45) is 0. The van der Waals surface area contributed by atoms with Gasteiger partial charge in [0, 0.05) is 5.33 Å². The van der Waals surface area contributed by atoms with E-state index in [4.69, 9.17) is 0 Å². The highest BCUT2D eigenvalue weighted by atomic mass is 79.9. The van der Waals surface area contributed by atoms with Crippen LogP contribution in [0.25, 0.3) is 0 Å². The number of hydrogen-bond donors (Lipinski definition) is 0. The van der Waals surface area contributed by atoms with Gasteiger partial charge in [-0.1, -0.05) is 15.9 Å². The summed E-state index contributed by atoms with van der Waals surface area (Å²) in [4.78, 5) is 11.5. The zero-order valence-corrected chi connectivity index (χ0v) is 10.9. The quantitative estimate of drug-likeness (QED) is 0.632. The number of halogens is 3. The normalized spacial score (nSPS) is 10.5. The first-order chi connectivity index (χ1) is 7.99. The van der Waals surface area contributed by atoms with Crippen LogP contribution in [0.15, 0.2) is 12.1 Å². The topological polar surface area (TPSA) is 35.5 Å². The Morgan fingerprint density at radius 3 is 2.59 bits per heavy atom. The Labute approximate surface area is 106 Å². The second-order valence-corrected chi connectivity index (χ2v) is 3.83. The highest BCUT2D eigenvalue weighted by molar-refractivity contribution is 9.08. The van der Waals surface area contributed by atoms with Gasteiger partial charge in [0.1, 0.15) is 5.75 Å². The molecule has 94 valence electrons. The summed E-state index contributed by atoms with van der Waals surface area (Å²) in [6.45, 7) is -1.21. The van der Waals surface area contributed by atoms with Crippen LogP contribution in [0.5, 0.6) is 5.75 Å². The van der Waals surface area contributed by atoms with Crippen molar-refractivity contribution in [3.05, 3.63) is 28.8 Å². The maximum Gasteiger partial charge on any atom is 0.387 e. The van der Waals surface area contributed by atoms with Crippen molar-refractivity contribution in [2.75, 3.05) is 7.11 Å². The fourth-order valence-electron chi connectivity index (χ4n) is 1.42. The average Bonchev–Trinajstić information content (AvgIpc) is 2.26. The molecule has 0 atom stereocenters. The van der Waals surface area contributed by atoms with Gasteiger partial charge in [0.15, 0.2) is 0 Å². The van der Waals surface area contributed by atoms with E-state index in [-0.39, 0.29) is 11.3 Å². The van der Waals surface area contributed by atoms with Crippen LogP contribution in [0.3, 0.4) is 0 Å². The molecule has 0 N–H and O–H groups in total. The Hall–Kier alpha value is -1.17. The fraction of sp³-hybridized carbons (Fsp3) is 0.364. The van der Waals surface area contributed by atoms with Crippen molar-refractivity contribution in [2.45, 2.75) is 18.9 Å². The van der Waals surface area contributed by atoms with Gasteiger partial charge in [-0.05, 0) is 30.2 Å². The number of carbonyl (C=O) groups excluding carboxylic acids is 1. The van der Waals surface area contributed by atoms with Gasteiger partial charge in [0.25, 0.3) is 0 Å². The van der Waals surface area contributed by atoms with Crippen molar-refractivity contribution in [2.24, 2.45) is 0 Å². The average molecular weight is 309 g/mol. The molecular formula is C11H11BrF2O3. The molecule has 0 radical (unpaired) electrons. The van der Waals surface area contributed by atoms with Crippen LogP contribution >= 0.6 is 15.9 Å². The number of methoxy groups -OCH3 is 1. The number of rotatable bonds is 4. The fourth-order valence-corrected chi connectivity index (χ4v) is 2.17. The number of alkyl halides is 3. The molecule has 0 aliphatic rings. The molecule has 1 rings (SSSR count). The molecule has 1 aromatic carbocycles. The van der Waals surface area contributed by atoms with E-state index in [0.717, 1.165) is 0 Å². The molecule has 0 unspecified atom stereocenters. The largest absolute Gasteiger partial charge is 0.465 e.